The SMILES string of the molecule is C=COc1cccc(N(c2ccccc2)c2ccc(N(c3ccccc3)c3cccc(O/C=C/C=Cc4cccc(N(c5ccccc5)c5ccc(N(c6ccccc6)c6cccc(C=C)c6)cc5)c4)c3)cc2)c1. The van der Waals surface area contributed by atoms with Crippen LogP contribution in [0.1, 0.15) is 11.1 Å². The van der Waals surface area contributed by atoms with E-state index in [-0.39, 0.29) is 0 Å². The van der Waals surface area contributed by atoms with Gasteiger partial charge in [0.2, 0.25) is 0 Å². The molecule has 0 aliphatic carbocycles. The number of rotatable bonds is 19. The van der Waals surface area contributed by atoms with Gasteiger partial charge in [0.15, 0.2) is 0 Å². The van der Waals surface area contributed by atoms with E-state index in [0.29, 0.717) is 11.5 Å². The van der Waals surface area contributed by atoms with E-state index in [9.17, 15) is 0 Å². The lowest BCUT2D eigenvalue weighted by molar-refractivity contribution is 0.481. The van der Waals surface area contributed by atoms with E-state index in [1.54, 1.807) is 6.26 Å². The Morgan fingerprint density at radius 2 is 0.581 bits per heavy atom. The topological polar surface area (TPSA) is 31.4 Å². The molecule has 0 fully saturated rings. The van der Waals surface area contributed by atoms with Crippen molar-refractivity contribution in [2.75, 3.05) is 19.6 Å². The van der Waals surface area contributed by atoms with E-state index in [1.807, 2.05) is 85.0 Å². The molecule has 0 radical (unpaired) electrons. The minimum absolute atomic E-state index is 0.713. The molecule has 0 aliphatic heterocycles. The largest absolute Gasteiger partial charge is 0.466 e. The summed E-state index contributed by atoms with van der Waals surface area (Å²) in [5.41, 5.74) is 14.4. The van der Waals surface area contributed by atoms with E-state index in [0.717, 1.165) is 79.4 Å². The molecule has 0 unspecified atom stereocenters. The van der Waals surface area contributed by atoms with E-state index in [4.69, 9.17) is 9.47 Å². The van der Waals surface area contributed by atoms with Crippen molar-refractivity contribution in [2.24, 2.45) is 0 Å². The summed E-state index contributed by atoms with van der Waals surface area (Å²) in [6.07, 6.45) is 11.1. The van der Waals surface area contributed by atoms with Crippen LogP contribution in [0.2, 0.25) is 0 Å². The highest BCUT2D eigenvalue weighted by Crippen LogP contribution is 2.42. The van der Waals surface area contributed by atoms with Crippen LogP contribution in [0.25, 0.3) is 12.2 Å². The zero-order chi connectivity index (χ0) is 50.3. The number of hydrogen-bond donors (Lipinski definition) is 0. The van der Waals surface area contributed by atoms with Crippen LogP contribution in [0.3, 0.4) is 0 Å². The molecule has 0 atom stereocenters. The average molecular weight is 959 g/mol. The lowest BCUT2D eigenvalue weighted by Crippen LogP contribution is -2.12. The monoisotopic (exact) mass is 958 g/mol. The molecule has 0 N–H and O–H groups in total. The van der Waals surface area contributed by atoms with E-state index >= 15 is 0 Å². The van der Waals surface area contributed by atoms with Crippen molar-refractivity contribution in [3.05, 3.63) is 316 Å². The number of allylic oxidation sites excluding steroid dienone is 2. The van der Waals surface area contributed by atoms with Gasteiger partial charge in [-0.25, -0.2) is 0 Å². The van der Waals surface area contributed by atoms with Gasteiger partial charge in [-0.3, -0.25) is 0 Å². The first-order chi connectivity index (χ1) is 36.6. The van der Waals surface area contributed by atoms with Crippen LogP contribution in [0.15, 0.2) is 305 Å². The molecule has 0 aromatic heterocycles. The van der Waals surface area contributed by atoms with Crippen LogP contribution in [0.5, 0.6) is 11.5 Å². The molecule has 0 aliphatic rings. The third-order valence-electron chi connectivity index (χ3n) is 12.3. The summed E-state index contributed by atoms with van der Waals surface area (Å²) in [4.78, 5) is 9.00. The van der Waals surface area contributed by atoms with Gasteiger partial charge in [0.05, 0.1) is 12.5 Å². The predicted molar refractivity (Wildman–Crippen MR) is 311 cm³/mol. The highest BCUT2D eigenvalue weighted by atomic mass is 16.5. The summed E-state index contributed by atoms with van der Waals surface area (Å²) in [7, 11) is 0. The van der Waals surface area contributed by atoms with Gasteiger partial charge in [0.1, 0.15) is 11.5 Å². The second kappa shape index (κ2) is 23.3. The fourth-order valence-corrected chi connectivity index (χ4v) is 8.97. The van der Waals surface area contributed by atoms with Crippen LogP contribution < -0.4 is 29.1 Å². The Hall–Kier alpha value is -10.0. The maximum Gasteiger partial charge on any atom is 0.128 e. The predicted octanol–water partition coefficient (Wildman–Crippen LogP) is 19.3. The molecular weight excluding hydrogens is 905 g/mol. The Bertz CT molecular complexity index is 3490. The van der Waals surface area contributed by atoms with Crippen LogP contribution in [0.4, 0.5) is 68.2 Å². The molecular formula is C68H54N4O2. The van der Waals surface area contributed by atoms with Crippen molar-refractivity contribution in [2.45, 2.75) is 0 Å². The van der Waals surface area contributed by atoms with Gasteiger partial charge in [0, 0.05) is 80.4 Å². The summed E-state index contributed by atoms with van der Waals surface area (Å²) >= 11 is 0. The molecule has 0 saturated carbocycles. The summed E-state index contributed by atoms with van der Waals surface area (Å²) < 4.78 is 11.9. The van der Waals surface area contributed by atoms with Gasteiger partial charge >= 0.3 is 0 Å². The molecule has 10 rings (SSSR count). The van der Waals surface area contributed by atoms with Gasteiger partial charge in [-0.15, -0.1) is 0 Å². The smallest absolute Gasteiger partial charge is 0.128 e. The Labute approximate surface area is 434 Å². The van der Waals surface area contributed by atoms with Gasteiger partial charge in [-0.05, 0) is 163 Å². The zero-order valence-corrected chi connectivity index (χ0v) is 40.9. The fourth-order valence-electron chi connectivity index (χ4n) is 8.97. The van der Waals surface area contributed by atoms with Gasteiger partial charge in [-0.1, -0.05) is 141 Å². The summed E-state index contributed by atoms with van der Waals surface area (Å²) in [5.74, 6) is 1.43. The molecule has 10 aromatic rings. The molecule has 0 bridgehead atoms. The van der Waals surface area contributed by atoms with E-state index in [2.05, 4.69) is 239 Å². The van der Waals surface area contributed by atoms with E-state index < -0.39 is 0 Å². The van der Waals surface area contributed by atoms with Crippen molar-refractivity contribution >= 4 is 80.4 Å². The van der Waals surface area contributed by atoms with Crippen molar-refractivity contribution in [1.29, 1.82) is 0 Å². The normalized spacial score (nSPS) is 11.0. The van der Waals surface area contributed by atoms with E-state index in [1.165, 1.54) is 6.26 Å². The molecule has 0 saturated heterocycles. The minimum atomic E-state index is 0.713. The molecule has 0 amide bonds. The molecule has 0 heterocycles. The molecule has 358 valence electrons. The molecule has 10 aromatic carbocycles. The summed E-state index contributed by atoms with van der Waals surface area (Å²) in [5, 5.41) is 0. The number of nitrogens with zero attached hydrogens (tertiary/aromatic N) is 4. The van der Waals surface area contributed by atoms with Crippen LogP contribution in [0, 0.1) is 0 Å². The number of ether oxygens (including phenoxy) is 2. The lowest BCUT2D eigenvalue weighted by Gasteiger charge is -2.28. The van der Waals surface area contributed by atoms with Gasteiger partial charge in [0.25, 0.3) is 0 Å². The number of hydrogen-bond acceptors (Lipinski definition) is 6. The summed E-state index contributed by atoms with van der Waals surface area (Å²) in [6, 6.07) is 92.1. The average Bonchev–Trinajstić information content (AvgIpc) is 3.46. The number of anilines is 12. The first-order valence-electron chi connectivity index (χ1n) is 24.5. The fraction of sp³-hybridized carbons (Fsp3) is 0. The van der Waals surface area contributed by atoms with Crippen LogP contribution in [-0.2, 0) is 0 Å². The molecule has 6 nitrogen and oxygen atoms in total. The standard InChI is InChI=1S/C68H54N4O2/c1-3-53-24-19-34-63(49-53)69(55-26-9-5-10-27-55)59-40-42-60(43-41-59)70(56-28-11-6-12-29-56)64-35-20-25-54(50-64)23-17-18-48-74-68-39-22-37-66(52-68)72(58-32-15-8-16-33-58)62-46-44-61(45-47-62)71(57-30-13-7-14-31-57)65-36-21-38-67(51-65)73-4-2/h3-52H,1-2H2/b23-17?,48-18+. The highest BCUT2D eigenvalue weighted by Gasteiger charge is 2.19. The Kier molecular flexibility index (Phi) is 15.0. The quantitative estimate of drug-likeness (QED) is 0.0593. The van der Waals surface area contributed by atoms with Crippen molar-refractivity contribution in [1.82, 2.24) is 0 Å². The number of benzene rings is 10. The highest BCUT2D eigenvalue weighted by molar-refractivity contribution is 5.84. The van der Waals surface area contributed by atoms with Gasteiger partial charge < -0.3 is 29.1 Å². The summed E-state index contributed by atoms with van der Waals surface area (Å²) in [6.45, 7) is 7.75. The molecule has 74 heavy (non-hydrogen) atoms. The maximum absolute atomic E-state index is 6.26. The lowest BCUT2D eigenvalue weighted by atomic mass is 10.1. The Morgan fingerprint density at radius 1 is 0.270 bits per heavy atom. The number of para-hydroxylation sites is 4. The first-order valence-corrected chi connectivity index (χ1v) is 24.5. The van der Waals surface area contributed by atoms with Crippen molar-refractivity contribution in [3.8, 4) is 11.5 Å². The Balaban J connectivity index is 0.871. The van der Waals surface area contributed by atoms with Gasteiger partial charge in [-0.2, -0.15) is 0 Å². The van der Waals surface area contributed by atoms with Crippen LogP contribution >= 0.6 is 0 Å². The molecule has 6 heteroatoms. The second-order valence-electron chi connectivity index (χ2n) is 17.2. The maximum atomic E-state index is 6.26. The second-order valence-corrected chi connectivity index (χ2v) is 17.2. The third kappa shape index (κ3) is 11.3. The zero-order valence-electron chi connectivity index (χ0n) is 40.9. The Morgan fingerprint density at radius 3 is 0.959 bits per heavy atom. The third-order valence-corrected chi connectivity index (χ3v) is 12.3. The van der Waals surface area contributed by atoms with Crippen LogP contribution in [-0.4, -0.2) is 0 Å². The minimum Gasteiger partial charge on any atom is -0.466 e. The molecule has 0 spiro atoms. The van der Waals surface area contributed by atoms with Crippen molar-refractivity contribution in [3.63, 3.8) is 0 Å². The first kappa shape index (κ1) is 47.6. The van der Waals surface area contributed by atoms with Crippen molar-refractivity contribution < 1.29 is 9.47 Å².